The summed E-state index contributed by atoms with van der Waals surface area (Å²) in [5.74, 6) is 6.95. The van der Waals surface area contributed by atoms with Gasteiger partial charge in [-0.2, -0.15) is 0 Å². The lowest BCUT2D eigenvalue weighted by molar-refractivity contribution is -0.123. The minimum Gasteiger partial charge on any atom is -0.506 e. The molecule has 1 aromatic heterocycles. The van der Waals surface area contributed by atoms with Crippen LogP contribution in [-0.2, 0) is 11.3 Å². The zero-order chi connectivity index (χ0) is 30.1. The number of methoxy groups -OCH3 is 1. The van der Waals surface area contributed by atoms with Gasteiger partial charge in [-0.25, -0.2) is 9.78 Å². The van der Waals surface area contributed by atoms with Gasteiger partial charge in [0.25, 0.3) is 5.91 Å². The number of carbonyl (C=O) groups excluding carboxylic acids is 2. The molecule has 4 heterocycles. The van der Waals surface area contributed by atoms with Crippen molar-refractivity contribution in [2.75, 3.05) is 51.3 Å². The number of ether oxygens (including phenoxy) is 1. The number of amides is 3. The number of rotatable bonds is 6. The summed E-state index contributed by atoms with van der Waals surface area (Å²) in [6.45, 7) is 7.24. The number of nitrogens with zero attached hydrogens (tertiary/aromatic N) is 4. The number of benzene rings is 2. The maximum Gasteiger partial charge on any atom is 0.323 e. The number of aliphatic hydroxyl groups is 1. The van der Waals surface area contributed by atoms with Gasteiger partial charge in [-0.05, 0) is 48.5 Å². The molecule has 4 N–H and O–H groups in total. The second-order valence-electron chi connectivity index (χ2n) is 10.9. The topological polar surface area (TPSA) is 130 Å². The summed E-state index contributed by atoms with van der Waals surface area (Å²) < 4.78 is 5.28. The van der Waals surface area contributed by atoms with Crippen LogP contribution in [0.1, 0.15) is 29.8 Å². The number of carbonyl (C=O) groups is 2. The third kappa shape index (κ3) is 5.60. The lowest BCUT2D eigenvalue weighted by atomic mass is 9.98. The number of hydrogen-bond donors (Lipinski definition) is 4. The molecule has 11 heteroatoms. The van der Waals surface area contributed by atoms with E-state index in [1.165, 1.54) is 0 Å². The summed E-state index contributed by atoms with van der Waals surface area (Å²) in [7, 11) is 1.56. The highest BCUT2D eigenvalue weighted by atomic mass is 16.5. The van der Waals surface area contributed by atoms with Gasteiger partial charge in [0.2, 0.25) is 0 Å². The lowest BCUT2D eigenvalue weighted by Crippen LogP contribution is -2.54. The minimum absolute atomic E-state index is 0.0229. The average Bonchev–Trinajstić information content (AvgIpc) is 3.49. The minimum atomic E-state index is -1.56. The molecule has 0 aliphatic carbocycles. The molecular weight excluding hydrogens is 548 g/mol. The Kier molecular flexibility index (Phi) is 7.66. The third-order valence-electron chi connectivity index (χ3n) is 8.31. The van der Waals surface area contributed by atoms with E-state index in [2.05, 4.69) is 39.2 Å². The Hall–Kier alpha value is -4.63. The highest BCUT2D eigenvalue weighted by Crippen LogP contribution is 2.35. The van der Waals surface area contributed by atoms with Crippen LogP contribution in [-0.4, -0.2) is 88.9 Å². The third-order valence-corrected chi connectivity index (χ3v) is 8.31. The van der Waals surface area contributed by atoms with Crippen molar-refractivity contribution in [3.05, 3.63) is 71.3 Å². The van der Waals surface area contributed by atoms with Crippen molar-refractivity contribution >= 4 is 17.8 Å². The summed E-state index contributed by atoms with van der Waals surface area (Å²) in [5.41, 5.74) is 1.85. The molecule has 3 aromatic rings. The van der Waals surface area contributed by atoms with E-state index in [1.807, 2.05) is 30.3 Å². The summed E-state index contributed by atoms with van der Waals surface area (Å²) in [6.07, 6.45) is -0.986. The molecule has 6 rings (SSSR count). The fraction of sp³-hybridized carbons (Fsp3) is 0.344. The maximum absolute atomic E-state index is 13.0. The van der Waals surface area contributed by atoms with Gasteiger partial charge in [0.1, 0.15) is 29.2 Å². The van der Waals surface area contributed by atoms with Gasteiger partial charge in [0.15, 0.2) is 5.54 Å². The lowest BCUT2D eigenvalue weighted by Gasteiger charge is -2.34. The maximum atomic E-state index is 13.0. The number of imide groups is 1. The summed E-state index contributed by atoms with van der Waals surface area (Å²) in [5, 5.41) is 26.6. The molecule has 2 unspecified atom stereocenters. The van der Waals surface area contributed by atoms with Crippen LogP contribution < -0.4 is 20.3 Å². The monoisotopic (exact) mass is 582 g/mol. The largest absolute Gasteiger partial charge is 0.506 e. The fourth-order valence-corrected chi connectivity index (χ4v) is 5.78. The first kappa shape index (κ1) is 28.5. The number of likely N-dealkylation sites (N-methyl/N-ethyl adjacent to an activating group) is 1. The smallest absolute Gasteiger partial charge is 0.323 e. The van der Waals surface area contributed by atoms with Crippen molar-refractivity contribution < 1.29 is 24.5 Å². The van der Waals surface area contributed by atoms with E-state index in [4.69, 9.17) is 9.72 Å². The number of nitrogens with one attached hydrogen (secondary N) is 2. The number of piperazine rings is 1. The van der Waals surface area contributed by atoms with Gasteiger partial charge in [0, 0.05) is 56.0 Å². The molecular formula is C32H34N6O5. The van der Waals surface area contributed by atoms with Crippen LogP contribution in [0.25, 0.3) is 11.3 Å². The van der Waals surface area contributed by atoms with Gasteiger partial charge >= 0.3 is 6.03 Å². The zero-order valence-corrected chi connectivity index (χ0v) is 24.1. The van der Waals surface area contributed by atoms with Gasteiger partial charge in [-0.15, -0.1) is 0 Å². The number of anilines is 1. The van der Waals surface area contributed by atoms with Gasteiger partial charge in [-0.1, -0.05) is 37.0 Å². The first-order chi connectivity index (χ1) is 20.8. The van der Waals surface area contributed by atoms with Crippen LogP contribution in [0, 0.1) is 11.8 Å². The molecule has 222 valence electrons. The molecule has 0 spiro atoms. The molecule has 0 radical (unpaired) electrons. The van der Waals surface area contributed by atoms with E-state index in [9.17, 15) is 19.8 Å². The second kappa shape index (κ2) is 11.6. The van der Waals surface area contributed by atoms with Crippen molar-refractivity contribution in [1.29, 1.82) is 0 Å². The van der Waals surface area contributed by atoms with E-state index in [1.54, 1.807) is 36.3 Å². The Bertz CT molecular complexity index is 1610. The van der Waals surface area contributed by atoms with Crippen LogP contribution in [0.3, 0.4) is 0 Å². The molecule has 11 nitrogen and oxygen atoms in total. The molecule has 3 amide bonds. The first-order valence-corrected chi connectivity index (χ1v) is 14.3. The Morgan fingerprint density at radius 2 is 1.84 bits per heavy atom. The van der Waals surface area contributed by atoms with Crippen LogP contribution in [0.15, 0.2) is 54.6 Å². The second-order valence-corrected chi connectivity index (χ2v) is 10.9. The molecule has 3 aliphatic rings. The summed E-state index contributed by atoms with van der Waals surface area (Å²) in [6, 6.07) is 15.5. The standard InChI is InChI=1S/C32H34N6O5/c1-3-36-14-16-37(17-15-36)27-11-10-26(39)28(33-27)22-6-4-21(5-7-22)12-13-32(30(41)34-31(42)35-32)20-38-19-23-8-9-24(43-2)18-25(23)29(38)40/h4-11,18,29,39-40H,3,14-17,19-20H2,1-2H3,(H2,34,35,41,42). The number of hydrogen-bond acceptors (Lipinski definition) is 9. The van der Waals surface area contributed by atoms with Gasteiger partial charge in [-0.3, -0.25) is 15.0 Å². The van der Waals surface area contributed by atoms with Gasteiger partial charge < -0.3 is 30.1 Å². The predicted octanol–water partition coefficient (Wildman–Crippen LogP) is 2.04. The van der Waals surface area contributed by atoms with Crippen LogP contribution >= 0.6 is 0 Å². The van der Waals surface area contributed by atoms with Crippen LogP contribution in [0.2, 0.25) is 0 Å². The van der Waals surface area contributed by atoms with E-state index in [0.717, 1.165) is 49.7 Å². The Labute approximate surface area is 250 Å². The highest BCUT2D eigenvalue weighted by Gasteiger charge is 2.48. The van der Waals surface area contributed by atoms with E-state index >= 15 is 0 Å². The molecule has 2 atom stereocenters. The summed E-state index contributed by atoms with van der Waals surface area (Å²) in [4.78, 5) is 36.3. The van der Waals surface area contributed by atoms with Crippen molar-refractivity contribution in [1.82, 2.24) is 25.4 Å². The zero-order valence-electron chi connectivity index (χ0n) is 24.1. The van der Waals surface area contributed by atoms with E-state index in [0.29, 0.717) is 29.1 Å². The quantitative estimate of drug-likeness (QED) is 0.255. The molecule has 3 aliphatic heterocycles. The van der Waals surface area contributed by atoms with Crippen LogP contribution in [0.5, 0.6) is 11.5 Å². The van der Waals surface area contributed by atoms with Crippen LogP contribution in [0.4, 0.5) is 10.6 Å². The van der Waals surface area contributed by atoms with E-state index in [-0.39, 0.29) is 12.3 Å². The molecule has 2 fully saturated rings. The van der Waals surface area contributed by atoms with Crippen molar-refractivity contribution in [3.8, 4) is 34.6 Å². The van der Waals surface area contributed by atoms with Crippen molar-refractivity contribution in [2.45, 2.75) is 25.2 Å². The number of aromatic hydroxyl groups is 1. The average molecular weight is 583 g/mol. The molecule has 0 saturated carbocycles. The first-order valence-electron chi connectivity index (χ1n) is 14.3. The fourth-order valence-electron chi connectivity index (χ4n) is 5.78. The number of pyridine rings is 1. The normalized spacial score (nSPS) is 22.0. The number of urea groups is 1. The predicted molar refractivity (Wildman–Crippen MR) is 160 cm³/mol. The highest BCUT2D eigenvalue weighted by molar-refractivity contribution is 6.09. The number of fused-ring (bicyclic) bond motifs is 1. The number of aliphatic hydroxyl groups excluding tert-OH is 1. The Balaban J connectivity index is 1.22. The van der Waals surface area contributed by atoms with Gasteiger partial charge in [0.05, 0.1) is 7.11 Å². The Morgan fingerprint density at radius 3 is 2.51 bits per heavy atom. The SMILES string of the molecule is CCN1CCN(c2ccc(O)c(-c3ccc(C#CC4(CN5Cc6ccc(OC)cc6C5O)NC(=O)NC4=O)cc3)n2)CC1. The van der Waals surface area contributed by atoms with E-state index < -0.39 is 23.7 Å². The summed E-state index contributed by atoms with van der Waals surface area (Å²) >= 11 is 0. The Morgan fingerprint density at radius 1 is 1.07 bits per heavy atom. The molecule has 43 heavy (non-hydrogen) atoms. The number of aromatic nitrogens is 1. The molecule has 2 aromatic carbocycles. The molecule has 2 saturated heterocycles. The molecule has 0 bridgehead atoms. The van der Waals surface area contributed by atoms with Crippen molar-refractivity contribution in [2.24, 2.45) is 0 Å². The van der Waals surface area contributed by atoms with Crippen molar-refractivity contribution in [3.63, 3.8) is 0 Å².